The van der Waals surface area contributed by atoms with Crippen molar-refractivity contribution in [3.63, 3.8) is 0 Å². The first-order chi connectivity index (χ1) is 9.92. The van der Waals surface area contributed by atoms with E-state index in [4.69, 9.17) is 17.3 Å². The molecule has 0 fully saturated rings. The fourth-order valence-electron chi connectivity index (χ4n) is 2.27. The summed E-state index contributed by atoms with van der Waals surface area (Å²) < 4.78 is 0. The van der Waals surface area contributed by atoms with E-state index in [9.17, 15) is 4.79 Å². The van der Waals surface area contributed by atoms with Gasteiger partial charge in [-0.15, -0.1) is 17.9 Å². The highest BCUT2D eigenvalue weighted by atomic mass is 35.5. The molecule has 0 saturated heterocycles. The van der Waals surface area contributed by atoms with Gasteiger partial charge in [0.15, 0.2) is 0 Å². The molecule has 2 rings (SSSR count). The number of carbonyl (C=O) groups is 1. The van der Waals surface area contributed by atoms with Gasteiger partial charge in [-0.1, -0.05) is 17.7 Å². The largest absolute Gasteiger partial charge is 0.397 e. The Labute approximate surface area is 133 Å². The van der Waals surface area contributed by atoms with Crippen LogP contribution in [0.15, 0.2) is 12.7 Å². The van der Waals surface area contributed by atoms with E-state index in [0.717, 1.165) is 21.5 Å². The van der Waals surface area contributed by atoms with Crippen LogP contribution in [0.25, 0.3) is 10.2 Å². The molecule has 0 radical (unpaired) electrons. The molecule has 0 aliphatic rings. The normalized spacial score (nSPS) is 10.9. The van der Waals surface area contributed by atoms with Crippen molar-refractivity contribution < 1.29 is 4.79 Å². The van der Waals surface area contributed by atoms with Crippen LogP contribution in [0.1, 0.15) is 27.9 Å². The molecule has 0 saturated carbocycles. The molecule has 112 valence electrons. The Hall–Kier alpha value is -1.59. The van der Waals surface area contributed by atoms with Gasteiger partial charge in [-0.05, 0) is 26.3 Å². The van der Waals surface area contributed by atoms with Crippen LogP contribution in [0.3, 0.4) is 0 Å². The SMILES string of the molecule is C=CCN(CC)C(=O)c1sc2nc(C)c(Cl)c(C)c2c1N. The summed E-state index contributed by atoms with van der Waals surface area (Å²) in [5.41, 5.74) is 8.28. The number of hydrogen-bond acceptors (Lipinski definition) is 4. The molecule has 0 bridgehead atoms. The van der Waals surface area contributed by atoms with Gasteiger partial charge in [-0.25, -0.2) is 4.98 Å². The fraction of sp³-hybridized carbons (Fsp3) is 0.333. The number of nitrogens with zero attached hydrogens (tertiary/aromatic N) is 2. The van der Waals surface area contributed by atoms with Crippen molar-refractivity contribution in [2.24, 2.45) is 0 Å². The first-order valence-corrected chi connectivity index (χ1v) is 7.86. The molecule has 0 spiro atoms. The quantitative estimate of drug-likeness (QED) is 0.871. The monoisotopic (exact) mass is 323 g/mol. The molecular weight excluding hydrogens is 306 g/mol. The number of amides is 1. The second-order valence-corrected chi connectivity index (χ2v) is 6.17. The first-order valence-electron chi connectivity index (χ1n) is 6.67. The number of fused-ring (bicyclic) bond motifs is 1. The van der Waals surface area contributed by atoms with Gasteiger partial charge in [0.25, 0.3) is 5.91 Å². The van der Waals surface area contributed by atoms with Gasteiger partial charge >= 0.3 is 0 Å². The zero-order valence-corrected chi connectivity index (χ0v) is 13.9. The number of nitrogen functional groups attached to an aromatic ring is 1. The predicted octanol–water partition coefficient (Wildman–Crippen LogP) is 3.80. The van der Waals surface area contributed by atoms with E-state index < -0.39 is 0 Å². The van der Waals surface area contributed by atoms with Crippen molar-refractivity contribution in [1.82, 2.24) is 9.88 Å². The second-order valence-electron chi connectivity index (χ2n) is 4.79. The summed E-state index contributed by atoms with van der Waals surface area (Å²) >= 11 is 7.55. The number of carbonyl (C=O) groups excluding carboxylic acids is 1. The molecule has 6 heteroatoms. The van der Waals surface area contributed by atoms with Gasteiger partial charge in [0.1, 0.15) is 9.71 Å². The molecule has 0 unspecified atom stereocenters. The van der Waals surface area contributed by atoms with Gasteiger partial charge in [-0.3, -0.25) is 4.79 Å². The number of anilines is 1. The first kappa shape index (κ1) is 15.8. The smallest absolute Gasteiger partial charge is 0.266 e. The number of aromatic nitrogens is 1. The molecule has 4 nitrogen and oxygen atoms in total. The Morgan fingerprint density at radius 3 is 2.76 bits per heavy atom. The Bertz CT molecular complexity index is 724. The van der Waals surface area contributed by atoms with Crippen LogP contribution in [0.4, 0.5) is 5.69 Å². The highest BCUT2D eigenvalue weighted by Crippen LogP contribution is 2.38. The Morgan fingerprint density at radius 1 is 1.52 bits per heavy atom. The summed E-state index contributed by atoms with van der Waals surface area (Å²) in [4.78, 5) is 20.0. The molecule has 2 aromatic rings. The number of nitrogens with two attached hydrogens (primary N) is 1. The lowest BCUT2D eigenvalue weighted by Crippen LogP contribution is -2.30. The Kier molecular flexibility index (Phi) is 4.54. The zero-order chi connectivity index (χ0) is 15.7. The minimum Gasteiger partial charge on any atom is -0.397 e. The van der Waals surface area contributed by atoms with Crippen LogP contribution < -0.4 is 5.73 Å². The molecule has 0 aromatic carbocycles. The number of thiophene rings is 1. The van der Waals surface area contributed by atoms with E-state index in [1.807, 2.05) is 20.8 Å². The van der Waals surface area contributed by atoms with Crippen LogP contribution in [0, 0.1) is 13.8 Å². The van der Waals surface area contributed by atoms with Crippen LogP contribution in [0.2, 0.25) is 5.02 Å². The lowest BCUT2D eigenvalue weighted by atomic mass is 10.1. The summed E-state index contributed by atoms with van der Waals surface area (Å²) in [7, 11) is 0. The standard InChI is InChI=1S/C15H18ClN3OS/c1-5-7-19(6-2)15(20)13-12(17)10-8(3)11(16)9(4)18-14(10)21-13/h5H,1,6-7,17H2,2-4H3. The molecule has 2 aromatic heterocycles. The van der Waals surface area contributed by atoms with Crippen molar-refractivity contribution in [3.8, 4) is 0 Å². The van der Waals surface area contributed by atoms with E-state index in [-0.39, 0.29) is 5.91 Å². The molecule has 0 atom stereocenters. The zero-order valence-electron chi connectivity index (χ0n) is 12.4. The van der Waals surface area contributed by atoms with Crippen molar-refractivity contribution in [3.05, 3.63) is 33.8 Å². The van der Waals surface area contributed by atoms with Crippen LogP contribution in [0.5, 0.6) is 0 Å². The third kappa shape index (κ3) is 2.63. The number of aryl methyl sites for hydroxylation is 2. The Morgan fingerprint density at radius 2 is 2.19 bits per heavy atom. The molecule has 21 heavy (non-hydrogen) atoms. The van der Waals surface area contributed by atoms with E-state index in [1.165, 1.54) is 11.3 Å². The highest BCUT2D eigenvalue weighted by molar-refractivity contribution is 7.21. The average molecular weight is 324 g/mol. The molecule has 1 amide bonds. The maximum absolute atomic E-state index is 12.6. The van der Waals surface area contributed by atoms with Gasteiger partial charge in [0.2, 0.25) is 0 Å². The molecule has 0 aliphatic heterocycles. The minimum absolute atomic E-state index is 0.0916. The third-order valence-electron chi connectivity index (χ3n) is 3.43. The van der Waals surface area contributed by atoms with E-state index in [1.54, 1.807) is 11.0 Å². The lowest BCUT2D eigenvalue weighted by Gasteiger charge is -2.18. The van der Waals surface area contributed by atoms with Gasteiger partial charge in [-0.2, -0.15) is 0 Å². The van der Waals surface area contributed by atoms with Gasteiger partial charge in [0.05, 0.1) is 16.4 Å². The molecular formula is C15H18ClN3OS. The van der Waals surface area contributed by atoms with Gasteiger partial charge < -0.3 is 10.6 Å². The summed E-state index contributed by atoms with van der Waals surface area (Å²) in [6.07, 6.45) is 1.70. The topological polar surface area (TPSA) is 59.2 Å². The summed E-state index contributed by atoms with van der Waals surface area (Å²) in [6.45, 7) is 10.4. The fourth-order valence-corrected chi connectivity index (χ4v) is 3.58. The average Bonchev–Trinajstić information content (AvgIpc) is 2.78. The number of rotatable bonds is 4. The van der Waals surface area contributed by atoms with E-state index in [2.05, 4.69) is 11.6 Å². The second kappa shape index (κ2) is 6.03. The third-order valence-corrected chi connectivity index (χ3v) is 5.07. The van der Waals surface area contributed by atoms with Crippen molar-refractivity contribution in [2.45, 2.75) is 20.8 Å². The lowest BCUT2D eigenvalue weighted by molar-refractivity contribution is 0.0788. The number of likely N-dealkylation sites (N-methyl/N-ethyl adjacent to an activating group) is 1. The van der Waals surface area contributed by atoms with Crippen LogP contribution in [-0.4, -0.2) is 28.9 Å². The number of hydrogen-bond donors (Lipinski definition) is 1. The minimum atomic E-state index is -0.0916. The van der Waals surface area contributed by atoms with E-state index in [0.29, 0.717) is 28.7 Å². The van der Waals surface area contributed by atoms with Crippen molar-refractivity contribution in [1.29, 1.82) is 0 Å². The maximum Gasteiger partial charge on any atom is 0.266 e. The summed E-state index contributed by atoms with van der Waals surface area (Å²) in [5.74, 6) is -0.0916. The summed E-state index contributed by atoms with van der Waals surface area (Å²) in [5, 5.41) is 1.39. The maximum atomic E-state index is 12.6. The molecule has 0 aliphatic carbocycles. The number of halogens is 1. The van der Waals surface area contributed by atoms with Crippen LogP contribution >= 0.6 is 22.9 Å². The summed E-state index contributed by atoms with van der Waals surface area (Å²) in [6, 6.07) is 0. The van der Waals surface area contributed by atoms with E-state index >= 15 is 0 Å². The molecule has 2 N–H and O–H groups in total. The van der Waals surface area contributed by atoms with Crippen molar-refractivity contribution >= 4 is 44.7 Å². The Balaban J connectivity index is 2.61. The number of pyridine rings is 1. The van der Waals surface area contributed by atoms with Gasteiger partial charge in [0, 0.05) is 18.5 Å². The molecule has 2 heterocycles. The van der Waals surface area contributed by atoms with Crippen molar-refractivity contribution in [2.75, 3.05) is 18.8 Å². The predicted molar refractivity (Wildman–Crippen MR) is 90.3 cm³/mol. The highest BCUT2D eigenvalue weighted by Gasteiger charge is 2.23. The van der Waals surface area contributed by atoms with Crippen LogP contribution in [-0.2, 0) is 0 Å².